The third kappa shape index (κ3) is 5.06. The Kier molecular flexibility index (Phi) is 6.37. The van der Waals surface area contributed by atoms with E-state index in [1.807, 2.05) is 0 Å². The first kappa shape index (κ1) is 18.5. The molecule has 0 unspecified atom stereocenters. The summed E-state index contributed by atoms with van der Waals surface area (Å²) in [4.78, 5) is 16.1. The monoisotopic (exact) mass is 347 g/mol. The summed E-state index contributed by atoms with van der Waals surface area (Å²) < 4.78 is 0. The molecule has 1 aromatic heterocycles. The van der Waals surface area contributed by atoms with E-state index in [1.54, 1.807) is 37.3 Å². The van der Waals surface area contributed by atoms with Crippen LogP contribution in [-0.4, -0.2) is 33.0 Å². The largest absolute Gasteiger partial charge is 0.507 e. The van der Waals surface area contributed by atoms with Crippen LogP contribution in [0.2, 0.25) is 11.0 Å². The number of Topliss-reactive ketones (excluding diaryl/α,β-unsaturated/α-hetero) is 1. The van der Waals surface area contributed by atoms with Gasteiger partial charge in [0.15, 0.2) is 0 Å². The van der Waals surface area contributed by atoms with E-state index in [2.05, 4.69) is 4.98 Å². The molecule has 3 N–H and O–H groups in total. The third-order valence-corrected chi connectivity index (χ3v) is 4.13. The molecule has 0 amide bonds. The lowest BCUT2D eigenvalue weighted by Crippen LogP contribution is -2.25. The molecular formula is C17H19BClNO4. The van der Waals surface area contributed by atoms with Gasteiger partial charge < -0.3 is 15.2 Å². The molecule has 2 aromatic rings. The number of aromatic hydroxyl groups is 1. The molecule has 7 heteroatoms. The fraction of sp³-hybridized carbons (Fsp3) is 0.294. The van der Waals surface area contributed by atoms with Gasteiger partial charge >= 0.3 is 7.12 Å². The molecule has 1 heterocycles. The first-order valence-corrected chi connectivity index (χ1v) is 8.00. The van der Waals surface area contributed by atoms with Gasteiger partial charge in [-0.15, -0.1) is 0 Å². The van der Waals surface area contributed by atoms with Crippen LogP contribution < -0.4 is 0 Å². The highest BCUT2D eigenvalue weighted by Crippen LogP contribution is 2.28. The van der Waals surface area contributed by atoms with Crippen LogP contribution in [0.5, 0.6) is 5.75 Å². The molecule has 0 fully saturated rings. The summed E-state index contributed by atoms with van der Waals surface area (Å²) in [7, 11) is -1.64. The van der Waals surface area contributed by atoms with Crippen molar-refractivity contribution < 1.29 is 19.9 Å². The summed E-state index contributed by atoms with van der Waals surface area (Å²) in [6.45, 7) is 1.77. The number of aromatic nitrogens is 1. The fourth-order valence-corrected chi connectivity index (χ4v) is 2.66. The summed E-state index contributed by atoms with van der Waals surface area (Å²) in [5.74, 6) is -0.702. The number of phenolic OH excluding ortho intramolecular Hbond substituents is 1. The van der Waals surface area contributed by atoms with Gasteiger partial charge in [-0.25, -0.2) is 4.98 Å². The van der Waals surface area contributed by atoms with Gasteiger partial charge in [0.05, 0.1) is 0 Å². The minimum Gasteiger partial charge on any atom is -0.507 e. The summed E-state index contributed by atoms with van der Waals surface area (Å²) in [5, 5.41) is 29.6. The highest BCUT2D eigenvalue weighted by Gasteiger charge is 2.27. The highest BCUT2D eigenvalue weighted by molar-refractivity contribution is 6.43. The maximum absolute atomic E-state index is 12.2. The predicted molar refractivity (Wildman–Crippen MR) is 93.1 cm³/mol. The van der Waals surface area contributed by atoms with Crippen molar-refractivity contribution in [3.63, 3.8) is 0 Å². The van der Waals surface area contributed by atoms with E-state index >= 15 is 0 Å². The minimum absolute atomic E-state index is 0.00627. The third-order valence-electron chi connectivity index (χ3n) is 3.90. The number of rotatable bonds is 7. The summed E-state index contributed by atoms with van der Waals surface area (Å²) in [5.41, 5.74) is 2.01. The fourth-order valence-electron chi connectivity index (χ4n) is 2.55. The lowest BCUT2D eigenvalue weighted by Gasteiger charge is -2.16. The lowest BCUT2D eigenvalue weighted by atomic mass is 9.66. The van der Waals surface area contributed by atoms with Crippen molar-refractivity contribution in [2.24, 2.45) is 0 Å². The lowest BCUT2D eigenvalue weighted by molar-refractivity contribution is -0.118. The topological polar surface area (TPSA) is 90.7 Å². The van der Waals surface area contributed by atoms with Gasteiger partial charge in [-0.3, -0.25) is 4.79 Å². The van der Waals surface area contributed by atoms with Crippen molar-refractivity contribution in [3.8, 4) is 5.75 Å². The van der Waals surface area contributed by atoms with E-state index in [0.717, 1.165) is 0 Å². The van der Waals surface area contributed by atoms with Gasteiger partial charge in [-0.1, -0.05) is 35.9 Å². The number of benzene rings is 1. The van der Waals surface area contributed by atoms with Crippen molar-refractivity contribution in [2.75, 3.05) is 0 Å². The molecule has 126 valence electrons. The van der Waals surface area contributed by atoms with Crippen LogP contribution in [0.25, 0.3) is 0 Å². The zero-order valence-corrected chi connectivity index (χ0v) is 14.1. The van der Waals surface area contributed by atoms with E-state index in [9.17, 15) is 19.9 Å². The van der Waals surface area contributed by atoms with Crippen molar-refractivity contribution in [1.82, 2.24) is 4.98 Å². The zero-order valence-electron chi connectivity index (χ0n) is 13.3. The van der Waals surface area contributed by atoms with E-state index in [4.69, 9.17) is 11.6 Å². The number of hydrogen-bond acceptors (Lipinski definition) is 5. The molecule has 0 radical (unpaired) electrons. The maximum atomic E-state index is 12.2. The van der Waals surface area contributed by atoms with Crippen LogP contribution in [0.15, 0.2) is 36.5 Å². The second-order valence-corrected chi connectivity index (χ2v) is 6.26. The number of carbonyl (C=O) groups excluding carboxylic acids is 1. The Balaban J connectivity index is 2.04. The molecule has 1 aromatic carbocycles. The van der Waals surface area contributed by atoms with Crippen LogP contribution in [0.4, 0.5) is 0 Å². The molecule has 0 saturated carbocycles. The molecule has 0 saturated heterocycles. The first-order chi connectivity index (χ1) is 11.4. The van der Waals surface area contributed by atoms with Crippen molar-refractivity contribution in [1.29, 1.82) is 0 Å². The molecule has 1 atom stereocenters. The summed E-state index contributed by atoms with van der Waals surface area (Å²) in [6, 6.07) is 8.58. The van der Waals surface area contributed by atoms with Crippen LogP contribution in [0.3, 0.4) is 0 Å². The normalized spacial score (nSPS) is 12.0. The second-order valence-electron chi connectivity index (χ2n) is 5.87. The molecule has 2 rings (SSSR count). The van der Waals surface area contributed by atoms with Gasteiger partial charge in [-0.05, 0) is 36.1 Å². The number of pyridine rings is 1. The van der Waals surface area contributed by atoms with Crippen LogP contribution in [-0.2, 0) is 17.6 Å². The quantitative estimate of drug-likeness (QED) is 0.528. The Morgan fingerprint density at radius 2 is 2.04 bits per heavy atom. The van der Waals surface area contributed by atoms with Crippen molar-refractivity contribution >= 4 is 24.5 Å². The van der Waals surface area contributed by atoms with Gasteiger partial charge in [0, 0.05) is 24.9 Å². The Morgan fingerprint density at radius 3 is 2.67 bits per heavy atom. The number of nitrogens with zero attached hydrogens (tertiary/aromatic N) is 1. The predicted octanol–water partition coefficient (Wildman–Crippen LogP) is 2.34. The van der Waals surface area contributed by atoms with Gasteiger partial charge in [0.1, 0.15) is 16.7 Å². The summed E-state index contributed by atoms with van der Waals surface area (Å²) in [6.07, 6.45) is 1.87. The Hall–Kier alpha value is -1.89. The number of para-hydroxylation sites is 1. The number of carbonyl (C=O) groups is 1. The standard InChI is InChI=1S/C17H19BClNO4/c1-11-3-2-4-13(17(11)22)8-14(18(23)24)9-15(21)7-12-5-6-16(19)20-10-12/h2-6,10,14,22-24H,7-9H2,1H3/t14-/m1/s1. The van der Waals surface area contributed by atoms with Gasteiger partial charge in [0.25, 0.3) is 0 Å². The van der Waals surface area contributed by atoms with Crippen LogP contribution in [0, 0.1) is 6.92 Å². The summed E-state index contributed by atoms with van der Waals surface area (Å²) >= 11 is 5.71. The minimum atomic E-state index is -1.64. The number of ketones is 1. The van der Waals surface area contributed by atoms with Crippen LogP contribution in [0.1, 0.15) is 23.1 Å². The smallest absolute Gasteiger partial charge is 0.455 e. The number of halogens is 1. The zero-order chi connectivity index (χ0) is 17.7. The van der Waals surface area contributed by atoms with Crippen molar-refractivity contribution in [3.05, 3.63) is 58.4 Å². The van der Waals surface area contributed by atoms with E-state index in [0.29, 0.717) is 21.8 Å². The van der Waals surface area contributed by atoms with E-state index in [-0.39, 0.29) is 30.8 Å². The SMILES string of the molecule is Cc1cccc(C[C@H](CC(=O)Cc2ccc(Cl)nc2)B(O)O)c1O. The molecule has 0 spiro atoms. The molecule has 24 heavy (non-hydrogen) atoms. The van der Waals surface area contributed by atoms with Gasteiger partial charge in [0.2, 0.25) is 0 Å². The van der Waals surface area contributed by atoms with Crippen LogP contribution >= 0.6 is 11.6 Å². The number of aryl methyl sites for hydroxylation is 1. The Labute approximate surface area is 146 Å². The Bertz CT molecular complexity index is 706. The molecule has 0 aliphatic carbocycles. The Morgan fingerprint density at radius 1 is 1.29 bits per heavy atom. The molecular weight excluding hydrogens is 328 g/mol. The molecule has 0 bridgehead atoms. The first-order valence-electron chi connectivity index (χ1n) is 7.62. The maximum Gasteiger partial charge on any atom is 0.455 e. The second kappa shape index (κ2) is 8.28. The average Bonchev–Trinajstić information content (AvgIpc) is 2.53. The van der Waals surface area contributed by atoms with E-state index < -0.39 is 12.9 Å². The highest BCUT2D eigenvalue weighted by atomic mass is 35.5. The van der Waals surface area contributed by atoms with E-state index in [1.165, 1.54) is 6.20 Å². The molecule has 0 aliphatic heterocycles. The molecule has 0 aliphatic rings. The molecule has 5 nitrogen and oxygen atoms in total. The number of hydrogen-bond donors (Lipinski definition) is 3. The van der Waals surface area contributed by atoms with Crippen molar-refractivity contribution in [2.45, 2.75) is 32.0 Å². The average molecular weight is 348 g/mol. The number of phenols is 1. The van der Waals surface area contributed by atoms with Gasteiger partial charge in [-0.2, -0.15) is 0 Å².